The van der Waals surface area contributed by atoms with Crippen LogP contribution in [0.15, 0.2) is 55.0 Å². The van der Waals surface area contributed by atoms with Gasteiger partial charge in [-0.25, -0.2) is 9.97 Å². The molecule has 3 rings (SSSR count). The van der Waals surface area contributed by atoms with Crippen LogP contribution in [-0.4, -0.2) is 24.2 Å². The Kier molecular flexibility index (Phi) is 4.93. The summed E-state index contributed by atoms with van der Waals surface area (Å²) in [7, 11) is 3.21. The van der Waals surface area contributed by atoms with Crippen LogP contribution < -0.4 is 15.2 Å². The van der Waals surface area contributed by atoms with Crippen molar-refractivity contribution in [2.45, 2.75) is 0 Å². The summed E-state index contributed by atoms with van der Waals surface area (Å²) in [6.07, 6.45) is 3.25. The van der Waals surface area contributed by atoms with Crippen LogP contribution in [0, 0.1) is 0 Å². The first-order valence-electron chi connectivity index (χ1n) is 6.37. The summed E-state index contributed by atoms with van der Waals surface area (Å²) in [4.78, 5) is 8.05. The second kappa shape index (κ2) is 7.09. The molecule has 0 bridgehead atoms. The number of fused-ring (bicyclic) bond motifs is 1. The molecule has 0 saturated carbocycles. The number of hydrogen-bond acceptors (Lipinski definition) is 5. The van der Waals surface area contributed by atoms with E-state index in [0.29, 0.717) is 11.5 Å². The normalized spacial score (nSPS) is 9.62. The monoisotopic (exact) mass is 283 g/mol. The molecule has 0 unspecified atom stereocenters. The molecule has 5 heteroatoms. The fourth-order valence-electron chi connectivity index (χ4n) is 1.76. The van der Waals surface area contributed by atoms with Gasteiger partial charge in [0, 0.05) is 23.3 Å². The topological polar surface area (TPSA) is 70.3 Å². The van der Waals surface area contributed by atoms with Crippen molar-refractivity contribution in [3.05, 3.63) is 55.0 Å². The summed E-state index contributed by atoms with van der Waals surface area (Å²) in [5, 5.41) is 0.935. The van der Waals surface area contributed by atoms with E-state index in [9.17, 15) is 0 Å². The molecule has 0 saturated heterocycles. The van der Waals surface area contributed by atoms with Crippen molar-refractivity contribution in [2.75, 3.05) is 20.0 Å². The third-order valence-electron chi connectivity index (χ3n) is 2.81. The number of nitrogens with two attached hydrogens (primary N) is 1. The van der Waals surface area contributed by atoms with Gasteiger partial charge in [-0.15, -0.1) is 0 Å². The highest BCUT2D eigenvalue weighted by molar-refractivity contribution is 5.81. The number of methoxy groups -OCH3 is 2. The van der Waals surface area contributed by atoms with Gasteiger partial charge < -0.3 is 15.2 Å². The van der Waals surface area contributed by atoms with E-state index < -0.39 is 0 Å². The van der Waals surface area contributed by atoms with E-state index in [-0.39, 0.29) is 0 Å². The Morgan fingerprint density at radius 3 is 2.19 bits per heavy atom. The number of hydrogen-bond donors (Lipinski definition) is 1. The predicted molar refractivity (Wildman–Crippen MR) is 83.5 cm³/mol. The molecule has 1 heterocycles. The maximum Gasteiger partial charge on any atom is 0.162 e. The van der Waals surface area contributed by atoms with Crippen molar-refractivity contribution in [2.24, 2.45) is 0 Å². The molecule has 0 aliphatic carbocycles. The van der Waals surface area contributed by atoms with Crippen molar-refractivity contribution in [3.63, 3.8) is 0 Å². The number of nitrogens with zero attached hydrogens (tertiary/aromatic N) is 2. The second-order valence-corrected chi connectivity index (χ2v) is 4.20. The Bertz CT molecular complexity index is 660. The van der Waals surface area contributed by atoms with Crippen molar-refractivity contribution < 1.29 is 9.47 Å². The first kappa shape index (κ1) is 14.6. The van der Waals surface area contributed by atoms with Crippen LogP contribution in [-0.2, 0) is 0 Å². The summed E-state index contributed by atoms with van der Waals surface area (Å²) < 4.78 is 10.3. The minimum absolute atomic E-state index is 0.679. The summed E-state index contributed by atoms with van der Waals surface area (Å²) in [5.74, 6) is 1.37. The zero-order valence-electron chi connectivity index (χ0n) is 12.0. The van der Waals surface area contributed by atoms with Crippen molar-refractivity contribution in [1.82, 2.24) is 9.97 Å². The molecule has 0 radical (unpaired) electrons. The first-order chi connectivity index (χ1) is 10.2. The highest BCUT2D eigenvalue weighted by atomic mass is 16.5. The summed E-state index contributed by atoms with van der Waals surface area (Å²) in [6.45, 7) is 0. The van der Waals surface area contributed by atoms with Crippen LogP contribution >= 0.6 is 0 Å². The summed E-state index contributed by atoms with van der Waals surface area (Å²) >= 11 is 0. The van der Waals surface area contributed by atoms with Crippen molar-refractivity contribution in [1.29, 1.82) is 0 Å². The summed E-state index contributed by atoms with van der Waals surface area (Å²) in [6, 6.07) is 13.2. The van der Waals surface area contributed by atoms with Gasteiger partial charge in [0.1, 0.15) is 6.33 Å². The quantitative estimate of drug-likeness (QED) is 0.732. The Hall–Kier alpha value is -2.82. The smallest absolute Gasteiger partial charge is 0.162 e. The van der Waals surface area contributed by atoms with Gasteiger partial charge in [0.2, 0.25) is 0 Å². The zero-order chi connectivity index (χ0) is 15.1. The van der Waals surface area contributed by atoms with Crippen LogP contribution in [0.3, 0.4) is 0 Å². The van der Waals surface area contributed by atoms with Crippen molar-refractivity contribution in [3.8, 4) is 11.5 Å². The Morgan fingerprint density at radius 1 is 0.952 bits per heavy atom. The fraction of sp³-hybridized carbons (Fsp3) is 0.125. The molecule has 5 nitrogen and oxygen atoms in total. The Morgan fingerprint density at radius 2 is 1.62 bits per heavy atom. The minimum Gasteiger partial charge on any atom is -0.493 e. The average Bonchev–Trinajstić information content (AvgIpc) is 2.54. The molecule has 0 spiro atoms. The van der Waals surface area contributed by atoms with E-state index >= 15 is 0 Å². The molecule has 108 valence electrons. The van der Waals surface area contributed by atoms with Crippen molar-refractivity contribution >= 4 is 16.6 Å². The molecule has 1 aromatic heterocycles. The van der Waals surface area contributed by atoms with E-state index in [1.807, 2.05) is 42.5 Å². The number of anilines is 1. The molecule has 0 aliphatic heterocycles. The molecule has 0 aliphatic rings. The third kappa shape index (κ3) is 3.82. The van der Waals surface area contributed by atoms with Crippen LogP contribution in [0.25, 0.3) is 10.9 Å². The molecular weight excluding hydrogens is 266 g/mol. The molecular formula is C16H17N3O2. The van der Waals surface area contributed by atoms with E-state index in [1.165, 1.54) is 6.33 Å². The number of para-hydroxylation sites is 1. The summed E-state index contributed by atoms with van der Waals surface area (Å²) in [5.41, 5.74) is 7.02. The van der Waals surface area contributed by atoms with E-state index in [0.717, 1.165) is 16.6 Å². The van der Waals surface area contributed by atoms with Gasteiger partial charge in [-0.05, 0) is 18.2 Å². The molecule has 0 fully saturated rings. The van der Waals surface area contributed by atoms with E-state index in [2.05, 4.69) is 9.97 Å². The number of aromatic nitrogens is 2. The predicted octanol–water partition coefficient (Wildman–Crippen LogP) is 2.92. The molecule has 2 N–H and O–H groups in total. The highest BCUT2D eigenvalue weighted by Crippen LogP contribution is 2.30. The lowest BCUT2D eigenvalue weighted by atomic mass is 10.2. The van der Waals surface area contributed by atoms with E-state index in [4.69, 9.17) is 15.2 Å². The van der Waals surface area contributed by atoms with Gasteiger partial charge in [-0.1, -0.05) is 18.2 Å². The Balaban J connectivity index is 0.000000194. The third-order valence-corrected chi connectivity index (χ3v) is 2.81. The standard InChI is InChI=1S/C10H10N2O2.C6H7N/c1-13-9-3-7-5-11-6-12-8(7)4-10(9)14-2;7-6-4-2-1-3-5-6/h3-6H,1-2H3;1-5H,7H2. The van der Waals surface area contributed by atoms with Gasteiger partial charge >= 0.3 is 0 Å². The van der Waals surface area contributed by atoms with Crippen LogP contribution in [0.2, 0.25) is 0 Å². The number of benzene rings is 2. The second-order valence-electron chi connectivity index (χ2n) is 4.20. The maximum absolute atomic E-state index is 5.36. The average molecular weight is 283 g/mol. The Labute approximate surface area is 123 Å². The number of ether oxygens (including phenoxy) is 2. The zero-order valence-corrected chi connectivity index (χ0v) is 12.0. The minimum atomic E-state index is 0.679. The van der Waals surface area contributed by atoms with Gasteiger partial charge in [-0.2, -0.15) is 0 Å². The number of rotatable bonds is 2. The number of nitrogen functional groups attached to an aromatic ring is 1. The lowest BCUT2D eigenvalue weighted by Crippen LogP contribution is -1.91. The largest absolute Gasteiger partial charge is 0.493 e. The molecule has 0 atom stereocenters. The van der Waals surface area contributed by atoms with Gasteiger partial charge in [-0.3, -0.25) is 0 Å². The maximum atomic E-state index is 5.36. The highest BCUT2D eigenvalue weighted by Gasteiger charge is 2.05. The lowest BCUT2D eigenvalue weighted by molar-refractivity contribution is 0.356. The fourth-order valence-corrected chi connectivity index (χ4v) is 1.76. The van der Waals surface area contributed by atoms with Crippen LogP contribution in [0.4, 0.5) is 5.69 Å². The lowest BCUT2D eigenvalue weighted by Gasteiger charge is -2.07. The molecule has 2 aromatic carbocycles. The van der Waals surface area contributed by atoms with Gasteiger partial charge in [0.15, 0.2) is 11.5 Å². The first-order valence-corrected chi connectivity index (χ1v) is 6.37. The van der Waals surface area contributed by atoms with Gasteiger partial charge in [0.25, 0.3) is 0 Å². The van der Waals surface area contributed by atoms with Gasteiger partial charge in [0.05, 0.1) is 19.7 Å². The van der Waals surface area contributed by atoms with E-state index in [1.54, 1.807) is 20.4 Å². The van der Waals surface area contributed by atoms with Crippen LogP contribution in [0.1, 0.15) is 0 Å². The molecule has 3 aromatic rings. The van der Waals surface area contributed by atoms with Crippen LogP contribution in [0.5, 0.6) is 11.5 Å². The molecule has 21 heavy (non-hydrogen) atoms. The SMILES string of the molecule is COc1cc2cncnc2cc1OC.Nc1ccccc1. The molecule has 0 amide bonds.